The Balaban J connectivity index is 0.00000169. The van der Waals surface area contributed by atoms with Gasteiger partial charge in [0.15, 0.2) is 0 Å². The highest BCUT2D eigenvalue weighted by Crippen LogP contribution is 2.20. The SMILES string of the molecule is Cl.N[C@@H](CCO)c1ccc(F)c(Cl)c1. The van der Waals surface area contributed by atoms with Gasteiger partial charge in [-0.1, -0.05) is 17.7 Å². The average molecular weight is 240 g/mol. The second-order valence-electron chi connectivity index (χ2n) is 2.79. The summed E-state index contributed by atoms with van der Waals surface area (Å²) in [6, 6.07) is 4.04. The van der Waals surface area contributed by atoms with Crippen LogP contribution in [0.5, 0.6) is 0 Å². The van der Waals surface area contributed by atoms with E-state index in [0.717, 1.165) is 5.56 Å². The molecule has 1 atom stereocenters. The van der Waals surface area contributed by atoms with Crippen LogP contribution < -0.4 is 5.73 Å². The Bertz CT molecular complexity index is 296. The van der Waals surface area contributed by atoms with Crippen molar-refractivity contribution in [3.8, 4) is 0 Å². The van der Waals surface area contributed by atoms with E-state index in [4.69, 9.17) is 22.4 Å². The first-order valence-corrected chi connectivity index (χ1v) is 4.34. The first-order valence-electron chi connectivity index (χ1n) is 3.96. The largest absolute Gasteiger partial charge is 0.396 e. The summed E-state index contributed by atoms with van der Waals surface area (Å²) in [6.45, 7) is 0.0101. The third-order valence-corrected chi connectivity index (χ3v) is 2.10. The summed E-state index contributed by atoms with van der Waals surface area (Å²) in [5.74, 6) is -0.457. The molecular weight excluding hydrogens is 228 g/mol. The zero-order chi connectivity index (χ0) is 9.84. The highest BCUT2D eigenvalue weighted by atomic mass is 35.5. The van der Waals surface area contributed by atoms with Crippen LogP contribution in [0.2, 0.25) is 5.02 Å². The first kappa shape index (κ1) is 13.7. The maximum atomic E-state index is 12.7. The highest BCUT2D eigenvalue weighted by Gasteiger charge is 2.07. The fraction of sp³-hybridized carbons (Fsp3) is 0.333. The number of aliphatic hydroxyl groups is 1. The summed E-state index contributed by atoms with van der Waals surface area (Å²) in [4.78, 5) is 0. The fourth-order valence-corrected chi connectivity index (χ4v) is 1.24. The molecule has 1 aromatic carbocycles. The van der Waals surface area contributed by atoms with Gasteiger partial charge in [-0.25, -0.2) is 4.39 Å². The predicted molar refractivity (Wildman–Crippen MR) is 57.3 cm³/mol. The van der Waals surface area contributed by atoms with Gasteiger partial charge in [0.2, 0.25) is 0 Å². The number of benzene rings is 1. The van der Waals surface area contributed by atoms with Crippen LogP contribution in [0, 0.1) is 5.82 Å². The molecule has 80 valence electrons. The second kappa shape index (κ2) is 6.19. The quantitative estimate of drug-likeness (QED) is 0.851. The number of rotatable bonds is 3. The molecule has 5 heteroatoms. The van der Waals surface area contributed by atoms with Crippen LogP contribution in [-0.4, -0.2) is 11.7 Å². The molecule has 0 bridgehead atoms. The van der Waals surface area contributed by atoms with Crippen molar-refractivity contribution in [2.75, 3.05) is 6.61 Å². The molecule has 14 heavy (non-hydrogen) atoms. The Labute approximate surface area is 93.3 Å². The molecule has 0 heterocycles. The first-order chi connectivity index (χ1) is 6.15. The lowest BCUT2D eigenvalue weighted by Crippen LogP contribution is -2.11. The molecule has 0 aromatic heterocycles. The maximum Gasteiger partial charge on any atom is 0.141 e. The summed E-state index contributed by atoms with van der Waals surface area (Å²) in [5, 5.41) is 8.70. The van der Waals surface area contributed by atoms with E-state index >= 15 is 0 Å². The van der Waals surface area contributed by atoms with Crippen molar-refractivity contribution in [3.63, 3.8) is 0 Å². The number of aliphatic hydroxyl groups excluding tert-OH is 1. The Hall–Kier alpha value is -0.350. The van der Waals surface area contributed by atoms with Crippen LogP contribution in [0.15, 0.2) is 18.2 Å². The number of halogens is 3. The molecule has 2 nitrogen and oxygen atoms in total. The van der Waals surface area contributed by atoms with Gasteiger partial charge in [0.1, 0.15) is 5.82 Å². The third-order valence-electron chi connectivity index (χ3n) is 1.81. The monoisotopic (exact) mass is 239 g/mol. The number of hydrogen-bond donors (Lipinski definition) is 2. The van der Waals surface area contributed by atoms with Crippen LogP contribution in [0.1, 0.15) is 18.0 Å². The van der Waals surface area contributed by atoms with Crippen LogP contribution in [0.25, 0.3) is 0 Å². The van der Waals surface area contributed by atoms with E-state index < -0.39 is 5.82 Å². The lowest BCUT2D eigenvalue weighted by Gasteiger charge is -2.10. The van der Waals surface area contributed by atoms with Crippen molar-refractivity contribution in [2.24, 2.45) is 5.73 Å². The molecule has 0 spiro atoms. The van der Waals surface area contributed by atoms with Gasteiger partial charge in [-0.3, -0.25) is 0 Å². The van der Waals surface area contributed by atoms with E-state index in [2.05, 4.69) is 0 Å². The van der Waals surface area contributed by atoms with Crippen LogP contribution in [0.3, 0.4) is 0 Å². The minimum absolute atomic E-state index is 0. The molecule has 0 aliphatic rings. The standard InChI is InChI=1S/C9H11ClFNO.ClH/c10-7-5-6(1-2-8(7)11)9(12)3-4-13;/h1-2,5,9,13H,3-4,12H2;1H/t9-;/m0./s1. The van der Waals surface area contributed by atoms with Gasteiger partial charge in [0, 0.05) is 12.6 Å². The van der Waals surface area contributed by atoms with Crippen molar-refractivity contribution < 1.29 is 9.50 Å². The van der Waals surface area contributed by atoms with Crippen LogP contribution in [-0.2, 0) is 0 Å². The van der Waals surface area contributed by atoms with Crippen molar-refractivity contribution in [2.45, 2.75) is 12.5 Å². The lowest BCUT2D eigenvalue weighted by molar-refractivity contribution is 0.276. The summed E-state index contributed by atoms with van der Waals surface area (Å²) in [5.41, 5.74) is 6.42. The van der Waals surface area contributed by atoms with Gasteiger partial charge >= 0.3 is 0 Å². The van der Waals surface area contributed by atoms with E-state index in [1.807, 2.05) is 0 Å². The molecular formula is C9H12Cl2FNO. The van der Waals surface area contributed by atoms with Gasteiger partial charge in [-0.2, -0.15) is 0 Å². The molecule has 0 aliphatic carbocycles. The summed E-state index contributed by atoms with van der Waals surface area (Å²) in [7, 11) is 0. The van der Waals surface area contributed by atoms with Gasteiger partial charge in [-0.05, 0) is 24.1 Å². The van der Waals surface area contributed by atoms with Crippen LogP contribution >= 0.6 is 24.0 Å². The lowest BCUT2D eigenvalue weighted by atomic mass is 10.1. The molecule has 0 radical (unpaired) electrons. The zero-order valence-electron chi connectivity index (χ0n) is 7.41. The number of nitrogens with two attached hydrogens (primary N) is 1. The molecule has 1 rings (SSSR count). The highest BCUT2D eigenvalue weighted by molar-refractivity contribution is 6.30. The molecule has 0 unspecified atom stereocenters. The Kier molecular flexibility index (Phi) is 6.04. The second-order valence-corrected chi connectivity index (χ2v) is 3.20. The summed E-state index contributed by atoms with van der Waals surface area (Å²) in [6.07, 6.45) is 0.446. The molecule has 0 amide bonds. The Morgan fingerprint density at radius 3 is 2.64 bits per heavy atom. The third kappa shape index (κ3) is 3.42. The Morgan fingerprint density at radius 2 is 2.14 bits per heavy atom. The Morgan fingerprint density at radius 1 is 1.50 bits per heavy atom. The average Bonchev–Trinajstić information content (AvgIpc) is 2.10. The van der Waals surface area contributed by atoms with Crippen molar-refractivity contribution >= 4 is 24.0 Å². The van der Waals surface area contributed by atoms with E-state index in [1.165, 1.54) is 12.1 Å². The van der Waals surface area contributed by atoms with E-state index in [0.29, 0.717) is 6.42 Å². The van der Waals surface area contributed by atoms with E-state index in [-0.39, 0.29) is 30.1 Å². The van der Waals surface area contributed by atoms with Crippen molar-refractivity contribution in [3.05, 3.63) is 34.6 Å². The summed E-state index contributed by atoms with van der Waals surface area (Å²) < 4.78 is 12.7. The number of hydrogen-bond acceptors (Lipinski definition) is 2. The minimum atomic E-state index is -0.457. The molecule has 1 aromatic rings. The smallest absolute Gasteiger partial charge is 0.141 e. The van der Waals surface area contributed by atoms with Crippen molar-refractivity contribution in [1.29, 1.82) is 0 Å². The zero-order valence-corrected chi connectivity index (χ0v) is 8.98. The van der Waals surface area contributed by atoms with Gasteiger partial charge in [-0.15, -0.1) is 12.4 Å². The molecule has 0 saturated carbocycles. The maximum absolute atomic E-state index is 12.7. The van der Waals surface area contributed by atoms with Gasteiger partial charge in [0.05, 0.1) is 5.02 Å². The fourth-order valence-electron chi connectivity index (χ4n) is 1.05. The molecule has 0 fully saturated rings. The predicted octanol–water partition coefficient (Wildman–Crippen LogP) is 2.28. The molecule has 0 aliphatic heterocycles. The van der Waals surface area contributed by atoms with E-state index in [9.17, 15) is 4.39 Å². The van der Waals surface area contributed by atoms with Crippen LogP contribution in [0.4, 0.5) is 4.39 Å². The van der Waals surface area contributed by atoms with E-state index in [1.54, 1.807) is 6.07 Å². The molecule has 3 N–H and O–H groups in total. The molecule has 0 saturated heterocycles. The topological polar surface area (TPSA) is 46.2 Å². The normalized spacial score (nSPS) is 12.0. The van der Waals surface area contributed by atoms with Crippen molar-refractivity contribution in [1.82, 2.24) is 0 Å². The van der Waals surface area contributed by atoms with Gasteiger partial charge < -0.3 is 10.8 Å². The summed E-state index contributed by atoms with van der Waals surface area (Å²) >= 11 is 5.57. The minimum Gasteiger partial charge on any atom is -0.396 e. The van der Waals surface area contributed by atoms with Gasteiger partial charge in [0.25, 0.3) is 0 Å².